The van der Waals surface area contributed by atoms with Crippen LogP contribution in [-0.4, -0.2) is 25.1 Å². The van der Waals surface area contributed by atoms with Crippen LogP contribution in [0.25, 0.3) is 21.7 Å². The topological polar surface area (TPSA) is 60.5 Å². The van der Waals surface area contributed by atoms with Gasteiger partial charge in [0.1, 0.15) is 11.5 Å². The Kier molecular flexibility index (Phi) is 5.77. The van der Waals surface area contributed by atoms with Gasteiger partial charge < -0.3 is 9.47 Å². The molecule has 0 radical (unpaired) electrons. The van der Waals surface area contributed by atoms with Crippen molar-refractivity contribution in [3.63, 3.8) is 0 Å². The number of hydrogen-bond acceptors (Lipinski definition) is 5. The summed E-state index contributed by atoms with van der Waals surface area (Å²) in [6.07, 6.45) is 0. The molecule has 4 rings (SSSR count). The van der Waals surface area contributed by atoms with Crippen LogP contribution in [0.3, 0.4) is 0 Å². The zero-order chi connectivity index (χ0) is 20.9. The Balaban J connectivity index is 1.72. The molecular formula is C24H20N2O3S. The number of carbonyl (C=O) groups is 1. The van der Waals surface area contributed by atoms with Gasteiger partial charge >= 0.3 is 0 Å². The van der Waals surface area contributed by atoms with Gasteiger partial charge in [0.2, 0.25) is 0 Å². The molecule has 0 fully saturated rings. The number of carbonyl (C=O) groups excluding carboxylic acids is 1. The largest absolute Gasteiger partial charge is 0.497 e. The zero-order valence-electron chi connectivity index (χ0n) is 16.6. The van der Waals surface area contributed by atoms with Gasteiger partial charge in [-0.3, -0.25) is 10.1 Å². The van der Waals surface area contributed by atoms with Gasteiger partial charge in [0, 0.05) is 5.56 Å². The van der Waals surface area contributed by atoms with Crippen LogP contribution in [0.15, 0.2) is 78.9 Å². The van der Waals surface area contributed by atoms with Crippen molar-refractivity contribution in [1.82, 2.24) is 4.98 Å². The number of methoxy groups -OCH3 is 2. The Hall–Kier alpha value is -3.64. The van der Waals surface area contributed by atoms with Crippen molar-refractivity contribution < 1.29 is 14.3 Å². The molecule has 0 saturated heterocycles. The van der Waals surface area contributed by atoms with Gasteiger partial charge in [-0.05, 0) is 42.0 Å². The summed E-state index contributed by atoms with van der Waals surface area (Å²) in [7, 11) is 3.19. The lowest BCUT2D eigenvalue weighted by Crippen LogP contribution is -2.12. The molecule has 0 bridgehead atoms. The van der Waals surface area contributed by atoms with E-state index in [1.807, 2.05) is 60.7 Å². The Morgan fingerprint density at radius 2 is 1.53 bits per heavy atom. The van der Waals surface area contributed by atoms with Gasteiger partial charge in [-0.25, -0.2) is 4.98 Å². The quantitative estimate of drug-likeness (QED) is 0.435. The number of rotatable bonds is 6. The standard InChI is InChI=1S/C24H20N2O3S/c1-28-18-14-12-17(13-15-18)22-21(16-8-4-3-5-9-16)25-24(30-22)26-23(27)19-10-6-7-11-20(19)29-2/h3-15H,1-2H3,(H,25,26,27). The third-order valence-corrected chi connectivity index (χ3v) is 5.62. The van der Waals surface area contributed by atoms with Crippen LogP contribution in [-0.2, 0) is 0 Å². The molecule has 0 aliphatic carbocycles. The predicted octanol–water partition coefficient (Wildman–Crippen LogP) is 5.75. The Labute approximate surface area is 178 Å². The molecule has 6 heteroatoms. The Morgan fingerprint density at radius 3 is 2.23 bits per heavy atom. The minimum atomic E-state index is -0.262. The van der Waals surface area contributed by atoms with Crippen molar-refractivity contribution in [1.29, 1.82) is 0 Å². The summed E-state index contributed by atoms with van der Waals surface area (Å²) in [4.78, 5) is 18.5. The lowest BCUT2D eigenvalue weighted by Gasteiger charge is -2.07. The summed E-state index contributed by atoms with van der Waals surface area (Å²) < 4.78 is 10.6. The van der Waals surface area contributed by atoms with Gasteiger partial charge in [-0.1, -0.05) is 53.8 Å². The summed E-state index contributed by atoms with van der Waals surface area (Å²) in [5.74, 6) is 1.04. The average Bonchev–Trinajstić information content (AvgIpc) is 3.23. The minimum absolute atomic E-state index is 0.262. The highest BCUT2D eigenvalue weighted by Gasteiger charge is 2.18. The molecule has 3 aromatic carbocycles. The fourth-order valence-corrected chi connectivity index (χ4v) is 4.09. The monoisotopic (exact) mass is 416 g/mol. The number of benzene rings is 3. The lowest BCUT2D eigenvalue weighted by atomic mass is 10.1. The first-order valence-electron chi connectivity index (χ1n) is 9.34. The number of ether oxygens (including phenoxy) is 2. The maximum atomic E-state index is 12.8. The van der Waals surface area contributed by atoms with Crippen LogP contribution in [0.5, 0.6) is 11.5 Å². The molecule has 0 atom stereocenters. The van der Waals surface area contributed by atoms with E-state index in [2.05, 4.69) is 5.32 Å². The first-order valence-corrected chi connectivity index (χ1v) is 10.2. The van der Waals surface area contributed by atoms with E-state index in [1.165, 1.54) is 11.3 Å². The molecule has 1 heterocycles. The molecule has 0 spiro atoms. The van der Waals surface area contributed by atoms with Gasteiger partial charge in [0.25, 0.3) is 5.91 Å². The molecule has 0 aliphatic heterocycles. The number of nitrogens with zero attached hydrogens (tertiary/aromatic N) is 1. The lowest BCUT2D eigenvalue weighted by molar-refractivity contribution is 0.102. The van der Waals surface area contributed by atoms with E-state index in [4.69, 9.17) is 14.5 Å². The maximum absolute atomic E-state index is 12.8. The van der Waals surface area contributed by atoms with Crippen molar-refractivity contribution >= 4 is 22.4 Å². The number of amides is 1. The summed E-state index contributed by atoms with van der Waals surface area (Å²) in [6, 6.07) is 24.8. The van der Waals surface area contributed by atoms with Crippen molar-refractivity contribution in [2.24, 2.45) is 0 Å². The summed E-state index contributed by atoms with van der Waals surface area (Å²) >= 11 is 1.43. The van der Waals surface area contributed by atoms with E-state index in [0.29, 0.717) is 16.4 Å². The number of aromatic nitrogens is 1. The van der Waals surface area contributed by atoms with Crippen molar-refractivity contribution in [2.75, 3.05) is 19.5 Å². The molecular weight excluding hydrogens is 396 g/mol. The van der Waals surface area contributed by atoms with Gasteiger partial charge in [-0.15, -0.1) is 0 Å². The minimum Gasteiger partial charge on any atom is -0.497 e. The summed E-state index contributed by atoms with van der Waals surface area (Å²) in [6.45, 7) is 0. The van der Waals surface area contributed by atoms with E-state index in [9.17, 15) is 4.79 Å². The normalized spacial score (nSPS) is 10.5. The van der Waals surface area contributed by atoms with Crippen LogP contribution in [0, 0.1) is 0 Å². The highest BCUT2D eigenvalue weighted by Crippen LogP contribution is 2.39. The molecule has 1 amide bonds. The summed E-state index contributed by atoms with van der Waals surface area (Å²) in [5.41, 5.74) is 3.27. The third-order valence-electron chi connectivity index (χ3n) is 4.60. The van der Waals surface area contributed by atoms with Crippen LogP contribution >= 0.6 is 11.3 Å². The molecule has 1 N–H and O–H groups in total. The van der Waals surface area contributed by atoms with Crippen LogP contribution in [0.1, 0.15) is 10.4 Å². The maximum Gasteiger partial charge on any atom is 0.261 e. The van der Waals surface area contributed by atoms with Gasteiger partial charge in [-0.2, -0.15) is 0 Å². The predicted molar refractivity (Wildman–Crippen MR) is 120 cm³/mol. The van der Waals surface area contributed by atoms with Gasteiger partial charge in [0.05, 0.1) is 30.4 Å². The smallest absolute Gasteiger partial charge is 0.261 e. The number of anilines is 1. The Morgan fingerprint density at radius 1 is 0.833 bits per heavy atom. The van der Waals surface area contributed by atoms with Gasteiger partial charge in [0.15, 0.2) is 5.13 Å². The fraction of sp³-hybridized carbons (Fsp3) is 0.0833. The second kappa shape index (κ2) is 8.80. The van der Waals surface area contributed by atoms with Crippen LogP contribution in [0.4, 0.5) is 5.13 Å². The molecule has 5 nitrogen and oxygen atoms in total. The Bertz CT molecular complexity index is 1150. The molecule has 4 aromatic rings. The molecule has 0 unspecified atom stereocenters. The molecule has 0 aliphatic rings. The average molecular weight is 417 g/mol. The second-order valence-corrected chi connectivity index (χ2v) is 7.44. The fourth-order valence-electron chi connectivity index (χ4n) is 3.10. The van der Waals surface area contributed by atoms with E-state index < -0.39 is 0 Å². The molecule has 150 valence electrons. The highest BCUT2D eigenvalue weighted by atomic mass is 32.1. The van der Waals surface area contributed by atoms with E-state index in [0.717, 1.165) is 27.4 Å². The first-order chi connectivity index (χ1) is 14.7. The number of nitrogens with one attached hydrogen (secondary N) is 1. The first kappa shape index (κ1) is 19.7. The molecule has 30 heavy (non-hydrogen) atoms. The van der Waals surface area contributed by atoms with E-state index in [-0.39, 0.29) is 5.91 Å². The third kappa shape index (κ3) is 4.04. The zero-order valence-corrected chi connectivity index (χ0v) is 17.4. The number of hydrogen-bond donors (Lipinski definition) is 1. The molecule has 1 aromatic heterocycles. The van der Waals surface area contributed by atoms with Crippen LogP contribution in [0.2, 0.25) is 0 Å². The summed E-state index contributed by atoms with van der Waals surface area (Å²) in [5, 5.41) is 3.44. The second-order valence-electron chi connectivity index (χ2n) is 6.45. The number of thiazole rings is 1. The highest BCUT2D eigenvalue weighted by molar-refractivity contribution is 7.19. The number of para-hydroxylation sites is 1. The van der Waals surface area contributed by atoms with E-state index in [1.54, 1.807) is 32.4 Å². The van der Waals surface area contributed by atoms with Crippen molar-refractivity contribution in [2.45, 2.75) is 0 Å². The van der Waals surface area contributed by atoms with Crippen molar-refractivity contribution in [3.05, 3.63) is 84.4 Å². The van der Waals surface area contributed by atoms with Crippen molar-refractivity contribution in [3.8, 4) is 33.2 Å². The SMILES string of the molecule is COc1ccc(-c2sc(NC(=O)c3ccccc3OC)nc2-c2ccccc2)cc1. The van der Waals surface area contributed by atoms with E-state index >= 15 is 0 Å². The van der Waals surface area contributed by atoms with Crippen LogP contribution < -0.4 is 14.8 Å². The molecule has 0 saturated carbocycles.